The minimum absolute atomic E-state index is 0.0875. The molecule has 0 amide bonds. The number of nitrogens with two attached hydrogens (primary N) is 1. The quantitative estimate of drug-likeness (QED) is 0.205. The molecule has 9 heteroatoms. The molecule has 0 fully saturated rings. The van der Waals surface area contributed by atoms with E-state index in [1.807, 2.05) is 37.3 Å². The average Bonchev–Trinajstić information content (AvgIpc) is 3.59. The van der Waals surface area contributed by atoms with Crippen molar-refractivity contribution in [1.29, 1.82) is 5.26 Å². The highest BCUT2D eigenvalue weighted by atomic mass is 35.5. The summed E-state index contributed by atoms with van der Waals surface area (Å²) in [7, 11) is -4.18. The number of aryl methyl sites for hydroxylation is 1. The van der Waals surface area contributed by atoms with Crippen molar-refractivity contribution >= 4 is 43.9 Å². The molecule has 6 rings (SSSR count). The van der Waals surface area contributed by atoms with E-state index < -0.39 is 15.8 Å². The molecule has 208 valence electrons. The van der Waals surface area contributed by atoms with Crippen molar-refractivity contribution in [2.75, 3.05) is 0 Å². The fourth-order valence-corrected chi connectivity index (χ4v) is 7.73. The number of rotatable bonds is 6. The van der Waals surface area contributed by atoms with E-state index in [-0.39, 0.29) is 4.90 Å². The van der Waals surface area contributed by atoms with E-state index in [0.717, 1.165) is 22.3 Å². The number of fused-ring (bicyclic) bond motifs is 1. The van der Waals surface area contributed by atoms with Crippen LogP contribution in [0.4, 0.5) is 4.39 Å². The van der Waals surface area contributed by atoms with Gasteiger partial charge in [0.25, 0.3) is 10.0 Å². The Morgan fingerprint density at radius 3 is 2.43 bits per heavy atom. The molecule has 0 saturated carbocycles. The second-order valence-electron chi connectivity index (χ2n) is 9.84. The number of nitriles is 1. The summed E-state index contributed by atoms with van der Waals surface area (Å²) < 4.78 is 44.9. The van der Waals surface area contributed by atoms with Gasteiger partial charge in [-0.05, 0) is 72.0 Å². The Balaban J connectivity index is 1.73. The van der Waals surface area contributed by atoms with Gasteiger partial charge in [-0.2, -0.15) is 5.26 Å². The third-order valence-corrected chi connectivity index (χ3v) is 10.1. The molecule has 42 heavy (non-hydrogen) atoms. The Labute approximate surface area is 251 Å². The standard InChI is InChI=1S/C33H23ClFN3O2S2/c1-20-5-9-25(10-6-20)42(39,40)38-30-12-8-24(35)17-28(30)32(27-13-14-41-31(27)19-37)33(38)23-4-2-3-22(16-23)26-11-7-21(18-36)15-29(26)34/h2-17H,18,36H2,1H3. The lowest BCUT2D eigenvalue weighted by atomic mass is 9.96. The SMILES string of the molecule is Cc1ccc(S(=O)(=O)n2c(-c3cccc(-c4ccc(CN)cc4Cl)c3)c(-c3ccsc3C#N)c3cc(F)ccc32)cc1. The van der Waals surface area contributed by atoms with Crippen molar-refractivity contribution in [1.82, 2.24) is 3.97 Å². The summed E-state index contributed by atoms with van der Waals surface area (Å²) >= 11 is 7.88. The van der Waals surface area contributed by atoms with Gasteiger partial charge in [0.2, 0.25) is 0 Å². The molecule has 0 aliphatic rings. The highest BCUT2D eigenvalue weighted by Gasteiger charge is 2.30. The van der Waals surface area contributed by atoms with Gasteiger partial charge in [-0.15, -0.1) is 11.3 Å². The smallest absolute Gasteiger partial charge is 0.268 e. The van der Waals surface area contributed by atoms with Gasteiger partial charge in [-0.1, -0.05) is 59.6 Å². The van der Waals surface area contributed by atoms with Crippen molar-refractivity contribution in [2.24, 2.45) is 5.73 Å². The van der Waals surface area contributed by atoms with Crippen LogP contribution in [0.15, 0.2) is 101 Å². The van der Waals surface area contributed by atoms with Gasteiger partial charge in [0.15, 0.2) is 0 Å². The van der Waals surface area contributed by atoms with E-state index >= 15 is 0 Å². The molecule has 0 spiro atoms. The molecule has 0 atom stereocenters. The van der Waals surface area contributed by atoms with E-state index in [1.54, 1.807) is 47.8 Å². The van der Waals surface area contributed by atoms with Crippen molar-refractivity contribution in [3.8, 4) is 39.6 Å². The summed E-state index contributed by atoms with van der Waals surface area (Å²) in [6.07, 6.45) is 0. The van der Waals surface area contributed by atoms with Crippen LogP contribution < -0.4 is 5.73 Å². The molecule has 5 nitrogen and oxygen atoms in total. The van der Waals surface area contributed by atoms with Gasteiger partial charge in [0.1, 0.15) is 16.8 Å². The maximum Gasteiger partial charge on any atom is 0.268 e. The van der Waals surface area contributed by atoms with E-state index in [4.69, 9.17) is 17.3 Å². The highest BCUT2D eigenvalue weighted by Crippen LogP contribution is 2.46. The fourth-order valence-electron chi connectivity index (χ4n) is 5.18. The minimum Gasteiger partial charge on any atom is -0.326 e. The maximum atomic E-state index is 14.8. The van der Waals surface area contributed by atoms with Crippen LogP contribution >= 0.6 is 22.9 Å². The number of thiophene rings is 1. The van der Waals surface area contributed by atoms with Crippen LogP contribution in [-0.2, 0) is 16.6 Å². The third-order valence-electron chi connectivity index (χ3n) is 7.20. The number of halogens is 2. The molecule has 0 unspecified atom stereocenters. The predicted octanol–water partition coefficient (Wildman–Crippen LogP) is 8.37. The number of hydrogen-bond donors (Lipinski definition) is 1. The Morgan fingerprint density at radius 1 is 0.952 bits per heavy atom. The fraction of sp³-hybridized carbons (Fsp3) is 0.0606. The molecule has 4 aromatic carbocycles. The predicted molar refractivity (Wildman–Crippen MR) is 167 cm³/mol. The van der Waals surface area contributed by atoms with Crippen LogP contribution in [0.3, 0.4) is 0 Å². The Hall–Kier alpha value is -4.26. The van der Waals surface area contributed by atoms with E-state index in [0.29, 0.717) is 49.7 Å². The van der Waals surface area contributed by atoms with E-state index in [2.05, 4.69) is 6.07 Å². The monoisotopic (exact) mass is 611 g/mol. The minimum atomic E-state index is -4.18. The first kappa shape index (κ1) is 27.9. The summed E-state index contributed by atoms with van der Waals surface area (Å²) in [5, 5.41) is 12.6. The number of aromatic nitrogens is 1. The number of nitrogens with zero attached hydrogens (tertiary/aromatic N) is 2. The van der Waals surface area contributed by atoms with E-state index in [9.17, 15) is 18.1 Å². The van der Waals surface area contributed by atoms with Gasteiger partial charge in [-0.25, -0.2) is 16.8 Å². The molecular formula is C33H23ClFN3O2S2. The third kappa shape index (κ3) is 4.71. The van der Waals surface area contributed by atoms with Gasteiger partial charge in [-0.3, -0.25) is 0 Å². The van der Waals surface area contributed by atoms with Crippen LogP contribution in [0.1, 0.15) is 16.0 Å². The van der Waals surface area contributed by atoms with Crippen molar-refractivity contribution in [3.05, 3.63) is 123 Å². The molecule has 2 heterocycles. The first-order valence-electron chi connectivity index (χ1n) is 13.0. The summed E-state index contributed by atoms with van der Waals surface area (Å²) in [5.41, 5.74) is 11.3. The van der Waals surface area contributed by atoms with Crippen LogP contribution in [0.5, 0.6) is 0 Å². The normalized spacial score (nSPS) is 11.6. The largest absolute Gasteiger partial charge is 0.326 e. The van der Waals surface area contributed by atoms with Crippen LogP contribution in [0.2, 0.25) is 5.02 Å². The molecular weight excluding hydrogens is 589 g/mol. The molecule has 0 bridgehead atoms. The summed E-state index contributed by atoms with van der Waals surface area (Å²) in [6, 6.07) is 27.5. The first-order valence-corrected chi connectivity index (χ1v) is 15.7. The number of benzene rings is 4. The molecule has 0 saturated heterocycles. The topological polar surface area (TPSA) is 88.9 Å². The van der Waals surface area contributed by atoms with E-state index in [1.165, 1.54) is 33.5 Å². The highest BCUT2D eigenvalue weighted by molar-refractivity contribution is 7.90. The molecule has 0 radical (unpaired) electrons. The molecule has 6 aromatic rings. The Kier molecular flexibility index (Phi) is 7.21. The Morgan fingerprint density at radius 2 is 1.71 bits per heavy atom. The van der Waals surface area contributed by atoms with Crippen molar-refractivity contribution in [2.45, 2.75) is 18.4 Å². The molecule has 2 aromatic heterocycles. The van der Waals surface area contributed by atoms with Gasteiger partial charge >= 0.3 is 0 Å². The lowest BCUT2D eigenvalue weighted by molar-refractivity contribution is 0.589. The summed E-state index contributed by atoms with van der Waals surface area (Å²) in [6.45, 7) is 2.23. The van der Waals surface area contributed by atoms with Crippen LogP contribution in [0, 0.1) is 24.1 Å². The van der Waals surface area contributed by atoms with Gasteiger partial charge < -0.3 is 5.73 Å². The lowest BCUT2D eigenvalue weighted by Crippen LogP contribution is -2.14. The molecule has 2 N–H and O–H groups in total. The Bertz CT molecular complexity index is 2140. The van der Waals surface area contributed by atoms with Gasteiger partial charge in [0.05, 0.1) is 16.1 Å². The molecule has 0 aliphatic heterocycles. The average molecular weight is 612 g/mol. The van der Waals surface area contributed by atoms with Crippen LogP contribution in [-0.4, -0.2) is 12.4 Å². The van der Waals surface area contributed by atoms with Crippen LogP contribution in [0.25, 0.3) is 44.4 Å². The zero-order valence-corrected chi connectivity index (χ0v) is 24.7. The number of hydrogen-bond acceptors (Lipinski definition) is 5. The first-order chi connectivity index (χ1) is 20.2. The molecule has 0 aliphatic carbocycles. The summed E-state index contributed by atoms with van der Waals surface area (Å²) in [5.74, 6) is -0.519. The van der Waals surface area contributed by atoms with Crippen molar-refractivity contribution < 1.29 is 12.8 Å². The zero-order valence-electron chi connectivity index (χ0n) is 22.3. The maximum absolute atomic E-state index is 14.8. The second-order valence-corrected chi connectivity index (χ2v) is 13.0. The zero-order chi connectivity index (χ0) is 29.6. The lowest BCUT2D eigenvalue weighted by Gasteiger charge is -2.15. The summed E-state index contributed by atoms with van der Waals surface area (Å²) in [4.78, 5) is 0.480. The van der Waals surface area contributed by atoms with Gasteiger partial charge in [0, 0.05) is 39.2 Å². The van der Waals surface area contributed by atoms with Crippen molar-refractivity contribution in [3.63, 3.8) is 0 Å². The second kappa shape index (κ2) is 10.9.